The van der Waals surface area contributed by atoms with Gasteiger partial charge in [-0.05, 0) is 43.7 Å². The Morgan fingerprint density at radius 3 is 2.75 bits per heavy atom. The monoisotopic (exact) mass is 274 g/mol. The minimum Gasteiger partial charge on any atom is -0.381 e. The van der Waals surface area contributed by atoms with E-state index in [0.717, 1.165) is 13.0 Å². The first-order valence-corrected chi connectivity index (χ1v) is 7.96. The highest BCUT2D eigenvalue weighted by Crippen LogP contribution is 2.26. The van der Waals surface area contributed by atoms with Crippen LogP contribution >= 0.6 is 0 Å². The SMILES string of the molecule is COC1CCC(NCc2ccccc2N2CCCC2)C1. The summed E-state index contributed by atoms with van der Waals surface area (Å²) in [6.45, 7) is 3.41. The molecule has 2 fully saturated rings. The van der Waals surface area contributed by atoms with Crippen molar-refractivity contribution in [3.8, 4) is 0 Å². The smallest absolute Gasteiger partial charge is 0.0586 e. The van der Waals surface area contributed by atoms with Gasteiger partial charge in [0, 0.05) is 38.5 Å². The van der Waals surface area contributed by atoms with E-state index in [1.54, 1.807) is 0 Å². The molecule has 3 heteroatoms. The maximum absolute atomic E-state index is 5.45. The summed E-state index contributed by atoms with van der Waals surface area (Å²) in [5.74, 6) is 0. The number of hydrogen-bond acceptors (Lipinski definition) is 3. The normalized spacial score (nSPS) is 26.4. The van der Waals surface area contributed by atoms with Crippen LogP contribution in [0.5, 0.6) is 0 Å². The van der Waals surface area contributed by atoms with E-state index in [2.05, 4.69) is 34.5 Å². The van der Waals surface area contributed by atoms with Crippen molar-refractivity contribution in [2.75, 3.05) is 25.1 Å². The maximum Gasteiger partial charge on any atom is 0.0586 e. The quantitative estimate of drug-likeness (QED) is 0.893. The van der Waals surface area contributed by atoms with Crippen molar-refractivity contribution in [1.82, 2.24) is 5.32 Å². The maximum atomic E-state index is 5.45. The molecule has 3 nitrogen and oxygen atoms in total. The van der Waals surface area contributed by atoms with Crippen LogP contribution in [0.25, 0.3) is 0 Å². The molecule has 0 aromatic heterocycles. The van der Waals surface area contributed by atoms with Gasteiger partial charge in [0.2, 0.25) is 0 Å². The molecule has 1 saturated heterocycles. The molecule has 2 aliphatic rings. The Hall–Kier alpha value is -1.06. The molecule has 1 saturated carbocycles. The number of anilines is 1. The van der Waals surface area contributed by atoms with Crippen molar-refractivity contribution in [3.63, 3.8) is 0 Å². The number of nitrogens with zero attached hydrogens (tertiary/aromatic N) is 1. The predicted octanol–water partition coefficient (Wildman–Crippen LogP) is 2.94. The van der Waals surface area contributed by atoms with Crippen LogP contribution in [0.4, 0.5) is 5.69 Å². The fourth-order valence-corrected chi connectivity index (χ4v) is 3.52. The first-order valence-electron chi connectivity index (χ1n) is 7.96. The van der Waals surface area contributed by atoms with Gasteiger partial charge in [-0.15, -0.1) is 0 Å². The second kappa shape index (κ2) is 6.59. The van der Waals surface area contributed by atoms with E-state index < -0.39 is 0 Å². The van der Waals surface area contributed by atoms with Crippen LogP contribution in [-0.4, -0.2) is 32.3 Å². The summed E-state index contributed by atoms with van der Waals surface area (Å²) in [5.41, 5.74) is 2.87. The molecule has 1 aliphatic carbocycles. The van der Waals surface area contributed by atoms with Gasteiger partial charge in [-0.3, -0.25) is 0 Å². The third-order valence-electron chi connectivity index (χ3n) is 4.74. The Balaban J connectivity index is 1.60. The van der Waals surface area contributed by atoms with Gasteiger partial charge >= 0.3 is 0 Å². The van der Waals surface area contributed by atoms with Crippen LogP contribution in [0.2, 0.25) is 0 Å². The van der Waals surface area contributed by atoms with Crippen molar-refractivity contribution >= 4 is 5.69 Å². The van der Waals surface area contributed by atoms with Gasteiger partial charge in [0.15, 0.2) is 0 Å². The Bertz CT molecular complexity index is 429. The molecule has 0 radical (unpaired) electrons. The molecule has 2 atom stereocenters. The number of rotatable bonds is 5. The average molecular weight is 274 g/mol. The molecule has 0 bridgehead atoms. The molecule has 0 amide bonds. The molecule has 1 aromatic carbocycles. The summed E-state index contributed by atoms with van der Waals surface area (Å²) in [6, 6.07) is 9.47. The van der Waals surface area contributed by atoms with Gasteiger partial charge in [0.1, 0.15) is 0 Å². The second-order valence-electron chi connectivity index (χ2n) is 6.07. The molecular weight excluding hydrogens is 248 g/mol. The zero-order chi connectivity index (χ0) is 13.8. The van der Waals surface area contributed by atoms with Crippen molar-refractivity contribution in [3.05, 3.63) is 29.8 Å². The summed E-state index contributed by atoms with van der Waals surface area (Å²) in [7, 11) is 1.83. The number of benzene rings is 1. The molecule has 0 spiro atoms. The van der Waals surface area contributed by atoms with Gasteiger partial charge in [-0.2, -0.15) is 0 Å². The summed E-state index contributed by atoms with van der Waals surface area (Å²) in [6.07, 6.45) is 6.72. The molecule has 1 aliphatic heterocycles. The van der Waals surface area contributed by atoms with E-state index in [4.69, 9.17) is 4.74 Å². The molecule has 3 rings (SSSR count). The van der Waals surface area contributed by atoms with Crippen molar-refractivity contribution in [1.29, 1.82) is 0 Å². The number of nitrogens with one attached hydrogen (secondary N) is 1. The summed E-state index contributed by atoms with van der Waals surface area (Å²) < 4.78 is 5.45. The Morgan fingerprint density at radius 2 is 2.00 bits per heavy atom. The van der Waals surface area contributed by atoms with Gasteiger partial charge in [0.05, 0.1) is 6.10 Å². The van der Waals surface area contributed by atoms with Crippen LogP contribution in [0.15, 0.2) is 24.3 Å². The Kier molecular flexibility index (Phi) is 4.58. The van der Waals surface area contributed by atoms with Crippen LogP contribution in [0, 0.1) is 0 Å². The molecule has 110 valence electrons. The van der Waals surface area contributed by atoms with E-state index in [1.165, 1.54) is 50.0 Å². The highest BCUT2D eigenvalue weighted by Gasteiger charge is 2.24. The summed E-state index contributed by atoms with van der Waals surface area (Å²) >= 11 is 0. The molecule has 1 aromatic rings. The Labute approximate surface area is 122 Å². The summed E-state index contributed by atoms with van der Waals surface area (Å²) in [5, 5.41) is 3.72. The minimum absolute atomic E-state index is 0.460. The lowest BCUT2D eigenvalue weighted by atomic mass is 10.1. The van der Waals surface area contributed by atoms with Crippen molar-refractivity contribution in [2.45, 2.75) is 50.8 Å². The molecule has 1 N–H and O–H groups in total. The van der Waals surface area contributed by atoms with Crippen molar-refractivity contribution in [2.24, 2.45) is 0 Å². The zero-order valence-electron chi connectivity index (χ0n) is 12.5. The van der Waals surface area contributed by atoms with Crippen LogP contribution in [0.1, 0.15) is 37.7 Å². The van der Waals surface area contributed by atoms with E-state index in [0.29, 0.717) is 12.1 Å². The fourth-order valence-electron chi connectivity index (χ4n) is 3.52. The number of para-hydroxylation sites is 1. The van der Waals surface area contributed by atoms with E-state index in [9.17, 15) is 0 Å². The summed E-state index contributed by atoms with van der Waals surface area (Å²) in [4.78, 5) is 2.53. The predicted molar refractivity (Wildman–Crippen MR) is 83.2 cm³/mol. The van der Waals surface area contributed by atoms with Crippen LogP contribution in [-0.2, 0) is 11.3 Å². The van der Waals surface area contributed by atoms with E-state index in [-0.39, 0.29) is 0 Å². The third-order valence-corrected chi connectivity index (χ3v) is 4.74. The average Bonchev–Trinajstić information content (AvgIpc) is 3.17. The van der Waals surface area contributed by atoms with Gasteiger partial charge < -0.3 is 15.0 Å². The number of hydrogen-bond donors (Lipinski definition) is 1. The lowest BCUT2D eigenvalue weighted by Crippen LogP contribution is -2.28. The lowest BCUT2D eigenvalue weighted by Gasteiger charge is -2.22. The van der Waals surface area contributed by atoms with Gasteiger partial charge in [-0.1, -0.05) is 18.2 Å². The first kappa shape index (κ1) is 13.9. The minimum atomic E-state index is 0.460. The second-order valence-corrected chi connectivity index (χ2v) is 6.07. The highest BCUT2D eigenvalue weighted by molar-refractivity contribution is 5.54. The highest BCUT2D eigenvalue weighted by atomic mass is 16.5. The van der Waals surface area contributed by atoms with E-state index in [1.807, 2.05) is 7.11 Å². The van der Waals surface area contributed by atoms with Crippen LogP contribution < -0.4 is 10.2 Å². The third kappa shape index (κ3) is 3.15. The largest absolute Gasteiger partial charge is 0.381 e. The standard InChI is InChI=1S/C17H26N2O/c1-20-16-9-8-15(12-16)18-13-14-6-2-3-7-17(14)19-10-4-5-11-19/h2-3,6-7,15-16,18H,4-5,8-13H2,1H3. The fraction of sp³-hybridized carbons (Fsp3) is 0.647. The lowest BCUT2D eigenvalue weighted by molar-refractivity contribution is 0.107. The van der Waals surface area contributed by atoms with Gasteiger partial charge in [-0.25, -0.2) is 0 Å². The topological polar surface area (TPSA) is 24.5 Å². The number of methoxy groups -OCH3 is 1. The van der Waals surface area contributed by atoms with Crippen LogP contribution in [0.3, 0.4) is 0 Å². The first-order chi connectivity index (χ1) is 9.86. The van der Waals surface area contributed by atoms with E-state index >= 15 is 0 Å². The van der Waals surface area contributed by atoms with Gasteiger partial charge in [0.25, 0.3) is 0 Å². The molecular formula is C17H26N2O. The molecule has 20 heavy (non-hydrogen) atoms. The molecule has 2 unspecified atom stereocenters. The zero-order valence-corrected chi connectivity index (χ0v) is 12.5. The Morgan fingerprint density at radius 1 is 1.20 bits per heavy atom. The number of ether oxygens (including phenoxy) is 1. The molecule has 1 heterocycles. The van der Waals surface area contributed by atoms with Crippen molar-refractivity contribution < 1.29 is 4.74 Å².